The zero-order valence-corrected chi connectivity index (χ0v) is 23.0. The molecule has 36 heavy (non-hydrogen) atoms. The second-order valence-electron chi connectivity index (χ2n) is 9.17. The van der Waals surface area contributed by atoms with Crippen molar-refractivity contribution in [1.82, 2.24) is 10.2 Å². The van der Waals surface area contributed by atoms with Gasteiger partial charge in [0.25, 0.3) is 0 Å². The number of aryl methyl sites for hydroxylation is 2. The Bertz CT molecular complexity index is 1080. The van der Waals surface area contributed by atoms with E-state index in [2.05, 4.69) is 59.4 Å². The Balaban J connectivity index is 1.85. The van der Waals surface area contributed by atoms with Crippen LogP contribution in [0.25, 0.3) is 0 Å². The van der Waals surface area contributed by atoms with Gasteiger partial charge in [0.1, 0.15) is 6.04 Å². The minimum absolute atomic E-state index is 0.0101. The van der Waals surface area contributed by atoms with Crippen molar-refractivity contribution in [3.63, 3.8) is 0 Å². The molecule has 0 aromatic heterocycles. The summed E-state index contributed by atoms with van der Waals surface area (Å²) >= 11 is 3.49. The van der Waals surface area contributed by atoms with Gasteiger partial charge in [-0.15, -0.1) is 0 Å². The lowest BCUT2D eigenvalue weighted by molar-refractivity contribution is -0.141. The molecule has 0 unspecified atom stereocenters. The Labute approximate surface area is 224 Å². The maximum Gasteiger partial charge on any atom is 0.243 e. The van der Waals surface area contributed by atoms with Gasteiger partial charge in [-0.1, -0.05) is 103 Å². The lowest BCUT2D eigenvalue weighted by Crippen LogP contribution is -2.50. The summed E-state index contributed by atoms with van der Waals surface area (Å²) in [4.78, 5) is 28.9. The fourth-order valence-corrected chi connectivity index (χ4v) is 4.45. The van der Waals surface area contributed by atoms with Crippen LogP contribution in [-0.2, 0) is 35.4 Å². The van der Waals surface area contributed by atoms with Crippen LogP contribution in [-0.4, -0.2) is 29.3 Å². The average molecular weight is 550 g/mol. The Hall–Kier alpha value is -2.92. The number of nitrogens with one attached hydrogen (secondary N) is 1. The van der Waals surface area contributed by atoms with E-state index in [4.69, 9.17) is 0 Å². The molecular weight excluding hydrogens is 512 g/mol. The number of carbonyl (C=O) groups excluding carboxylic acids is 2. The van der Waals surface area contributed by atoms with Crippen LogP contribution in [0.1, 0.15) is 55.4 Å². The predicted octanol–water partition coefficient (Wildman–Crippen LogP) is 6.50. The first-order chi connectivity index (χ1) is 17.5. The lowest BCUT2D eigenvalue weighted by atomic mass is 10.0. The van der Waals surface area contributed by atoms with Crippen LogP contribution >= 0.6 is 15.9 Å². The second kappa shape index (κ2) is 14.6. The van der Waals surface area contributed by atoms with E-state index in [1.807, 2.05) is 54.6 Å². The fraction of sp³-hybridized carbons (Fsp3) is 0.355. The average Bonchev–Trinajstić information content (AvgIpc) is 2.91. The Morgan fingerprint density at radius 1 is 0.833 bits per heavy atom. The number of carbonyl (C=O) groups is 2. The molecular formula is C31H37BrN2O2. The molecule has 0 aliphatic carbocycles. The molecule has 1 N–H and O–H groups in total. The summed E-state index contributed by atoms with van der Waals surface area (Å²) < 4.78 is 0.984. The highest BCUT2D eigenvalue weighted by molar-refractivity contribution is 9.10. The number of benzene rings is 3. The van der Waals surface area contributed by atoms with E-state index < -0.39 is 6.04 Å². The van der Waals surface area contributed by atoms with Gasteiger partial charge in [-0.3, -0.25) is 9.59 Å². The van der Waals surface area contributed by atoms with Crippen LogP contribution in [0, 0.1) is 0 Å². The van der Waals surface area contributed by atoms with Crippen molar-refractivity contribution in [2.24, 2.45) is 0 Å². The van der Waals surface area contributed by atoms with Crippen LogP contribution in [0.2, 0.25) is 0 Å². The van der Waals surface area contributed by atoms with Crippen molar-refractivity contribution >= 4 is 27.7 Å². The quantitative estimate of drug-likeness (QED) is 0.248. The molecule has 0 heterocycles. The zero-order chi connectivity index (χ0) is 25.8. The third-order valence-corrected chi connectivity index (χ3v) is 6.95. The van der Waals surface area contributed by atoms with Gasteiger partial charge in [0.05, 0.1) is 0 Å². The molecule has 0 saturated carbocycles. The maximum absolute atomic E-state index is 13.7. The molecule has 0 saturated heterocycles. The summed E-state index contributed by atoms with van der Waals surface area (Å²) in [5, 5.41) is 3.08. The number of unbranched alkanes of at least 4 members (excludes halogenated alkanes) is 1. The summed E-state index contributed by atoms with van der Waals surface area (Å²) in [6, 6.07) is 25.8. The van der Waals surface area contributed by atoms with Gasteiger partial charge in [-0.2, -0.15) is 0 Å². The fourth-order valence-electron chi connectivity index (χ4n) is 4.18. The molecule has 0 aliphatic rings. The molecule has 0 fully saturated rings. The van der Waals surface area contributed by atoms with E-state index in [1.165, 1.54) is 5.56 Å². The van der Waals surface area contributed by atoms with Crippen LogP contribution < -0.4 is 5.32 Å². The van der Waals surface area contributed by atoms with Gasteiger partial charge in [0.15, 0.2) is 0 Å². The third-order valence-electron chi connectivity index (χ3n) is 6.43. The van der Waals surface area contributed by atoms with E-state index >= 15 is 0 Å². The van der Waals surface area contributed by atoms with E-state index in [1.54, 1.807) is 4.90 Å². The van der Waals surface area contributed by atoms with E-state index in [-0.39, 0.29) is 11.8 Å². The van der Waals surface area contributed by atoms with Gasteiger partial charge in [0, 0.05) is 30.4 Å². The summed E-state index contributed by atoms with van der Waals surface area (Å²) in [6.45, 7) is 5.24. The zero-order valence-electron chi connectivity index (χ0n) is 21.4. The summed E-state index contributed by atoms with van der Waals surface area (Å²) in [5.41, 5.74) is 4.46. The second-order valence-corrected chi connectivity index (χ2v) is 10.1. The number of hydrogen-bond acceptors (Lipinski definition) is 2. The first-order valence-corrected chi connectivity index (χ1v) is 13.7. The maximum atomic E-state index is 13.7. The van der Waals surface area contributed by atoms with E-state index in [0.717, 1.165) is 40.4 Å². The van der Waals surface area contributed by atoms with Crippen molar-refractivity contribution in [1.29, 1.82) is 0 Å². The molecule has 0 aliphatic heterocycles. The Morgan fingerprint density at radius 2 is 1.47 bits per heavy atom. The largest absolute Gasteiger partial charge is 0.354 e. The van der Waals surface area contributed by atoms with Gasteiger partial charge >= 0.3 is 0 Å². The normalized spacial score (nSPS) is 11.6. The van der Waals surface area contributed by atoms with Gasteiger partial charge < -0.3 is 10.2 Å². The molecule has 0 radical (unpaired) electrons. The third kappa shape index (κ3) is 8.63. The number of hydrogen-bond donors (Lipinski definition) is 1. The molecule has 1 atom stereocenters. The number of nitrogens with zero attached hydrogens (tertiary/aromatic N) is 1. The number of halogens is 1. The SMILES string of the molecule is CCCCNC(=O)[C@@H](Cc1ccccc1)N(Cc1ccc(Br)cc1)C(=O)CCc1ccc(CC)cc1. The molecule has 0 bridgehead atoms. The molecule has 5 heteroatoms. The van der Waals surface area contributed by atoms with Crippen molar-refractivity contribution < 1.29 is 9.59 Å². The monoisotopic (exact) mass is 548 g/mol. The summed E-state index contributed by atoms with van der Waals surface area (Å²) in [7, 11) is 0. The van der Waals surface area contributed by atoms with E-state index in [9.17, 15) is 9.59 Å². The van der Waals surface area contributed by atoms with Gasteiger partial charge in [0.2, 0.25) is 11.8 Å². The lowest BCUT2D eigenvalue weighted by Gasteiger charge is -2.32. The summed E-state index contributed by atoms with van der Waals surface area (Å²) in [6.07, 6.45) is 4.39. The highest BCUT2D eigenvalue weighted by Gasteiger charge is 2.30. The van der Waals surface area contributed by atoms with Crippen molar-refractivity contribution in [2.45, 2.75) is 65.0 Å². The van der Waals surface area contributed by atoms with Crippen molar-refractivity contribution in [3.8, 4) is 0 Å². The number of amides is 2. The minimum Gasteiger partial charge on any atom is -0.354 e. The Kier molecular flexibility index (Phi) is 11.2. The molecule has 3 aromatic carbocycles. The van der Waals surface area contributed by atoms with Gasteiger partial charge in [-0.25, -0.2) is 0 Å². The highest BCUT2D eigenvalue weighted by Crippen LogP contribution is 2.19. The molecule has 0 spiro atoms. The molecule has 4 nitrogen and oxygen atoms in total. The summed E-state index contributed by atoms with van der Waals surface area (Å²) in [5.74, 6) is -0.103. The molecule has 2 amide bonds. The first kappa shape index (κ1) is 27.7. The number of rotatable bonds is 13. The van der Waals surface area contributed by atoms with Crippen LogP contribution in [0.3, 0.4) is 0 Å². The van der Waals surface area contributed by atoms with Crippen LogP contribution in [0.4, 0.5) is 0 Å². The topological polar surface area (TPSA) is 49.4 Å². The Morgan fingerprint density at radius 3 is 2.11 bits per heavy atom. The van der Waals surface area contributed by atoms with Crippen LogP contribution in [0.5, 0.6) is 0 Å². The van der Waals surface area contributed by atoms with Crippen LogP contribution in [0.15, 0.2) is 83.3 Å². The first-order valence-electron chi connectivity index (χ1n) is 12.9. The standard InChI is InChI=1S/C31H37BrN2O2/c1-3-5-21-33-31(36)29(22-26-9-7-6-8-10-26)34(23-27-15-18-28(32)19-16-27)30(35)20-17-25-13-11-24(4-2)12-14-25/h6-16,18-19,29H,3-5,17,20-23H2,1-2H3,(H,33,36)/t29-/m1/s1. The van der Waals surface area contributed by atoms with Gasteiger partial charge in [-0.05, 0) is 53.6 Å². The van der Waals surface area contributed by atoms with E-state index in [0.29, 0.717) is 32.4 Å². The minimum atomic E-state index is -0.581. The molecule has 3 rings (SSSR count). The molecule has 190 valence electrons. The molecule has 3 aromatic rings. The van der Waals surface area contributed by atoms with Crippen molar-refractivity contribution in [2.75, 3.05) is 6.54 Å². The smallest absolute Gasteiger partial charge is 0.243 e. The highest BCUT2D eigenvalue weighted by atomic mass is 79.9. The van der Waals surface area contributed by atoms with Crippen molar-refractivity contribution in [3.05, 3.63) is 106 Å². The predicted molar refractivity (Wildman–Crippen MR) is 151 cm³/mol.